The number of fused-ring (bicyclic) bond motifs is 1. The number of primary amides is 1. The molecule has 0 aliphatic heterocycles. The highest BCUT2D eigenvalue weighted by atomic mass is 19.4. The molecule has 3 rings (SSSR count). The number of alkyl halides is 3. The zero-order valence-electron chi connectivity index (χ0n) is 17.8. The minimum atomic E-state index is -4.85. The van der Waals surface area contributed by atoms with Gasteiger partial charge in [-0.15, -0.1) is 13.2 Å². The maximum Gasteiger partial charge on any atom is 0.573 e. The summed E-state index contributed by atoms with van der Waals surface area (Å²) in [5.74, 6) is -1.50. The van der Waals surface area contributed by atoms with Crippen LogP contribution in [0.5, 0.6) is 5.75 Å². The average Bonchev–Trinajstić information content (AvgIpc) is 3.06. The highest BCUT2D eigenvalue weighted by Crippen LogP contribution is 2.32. The van der Waals surface area contributed by atoms with Crippen LogP contribution in [0, 0.1) is 5.41 Å². The molecule has 0 aliphatic carbocycles. The van der Waals surface area contributed by atoms with Gasteiger partial charge < -0.3 is 19.8 Å². The van der Waals surface area contributed by atoms with Gasteiger partial charge in [0.2, 0.25) is 0 Å². The van der Waals surface area contributed by atoms with Crippen LogP contribution in [0.3, 0.4) is 0 Å². The van der Waals surface area contributed by atoms with Gasteiger partial charge in [-0.3, -0.25) is 9.59 Å². The second-order valence-corrected chi connectivity index (χ2v) is 7.95. The first kappa shape index (κ1) is 23.2. The van der Waals surface area contributed by atoms with Crippen LogP contribution in [0.4, 0.5) is 13.2 Å². The van der Waals surface area contributed by atoms with Gasteiger partial charge in [-0.25, -0.2) is 0 Å². The third kappa shape index (κ3) is 5.04. The normalized spacial score (nSPS) is 12.1. The lowest BCUT2D eigenvalue weighted by molar-refractivity contribution is -0.274. The van der Waals surface area contributed by atoms with Gasteiger partial charge in [0.1, 0.15) is 11.4 Å². The van der Waals surface area contributed by atoms with Crippen molar-refractivity contribution in [1.29, 1.82) is 0 Å². The number of amides is 1. The number of aromatic nitrogens is 1. The first-order valence-electron chi connectivity index (χ1n) is 9.89. The molecule has 2 N–H and O–H groups in total. The topological polar surface area (TPSA) is 83.5 Å². The van der Waals surface area contributed by atoms with Crippen LogP contribution in [-0.2, 0) is 16.0 Å². The van der Waals surface area contributed by atoms with E-state index in [2.05, 4.69) is 4.74 Å². The van der Waals surface area contributed by atoms with Gasteiger partial charge in [-0.1, -0.05) is 12.1 Å². The molecule has 0 saturated heterocycles. The number of esters is 1. The fraction of sp³-hybridized carbons (Fsp3) is 0.304. The molecular weight excluding hydrogens is 425 g/mol. The van der Waals surface area contributed by atoms with E-state index in [0.29, 0.717) is 23.0 Å². The average molecular weight is 448 g/mol. The Morgan fingerprint density at radius 1 is 1.06 bits per heavy atom. The summed E-state index contributed by atoms with van der Waals surface area (Å²) in [6.07, 6.45) is -4.50. The van der Waals surface area contributed by atoms with Crippen molar-refractivity contribution in [2.24, 2.45) is 11.1 Å². The van der Waals surface area contributed by atoms with Gasteiger partial charge in [-0.2, -0.15) is 0 Å². The maximum absolute atomic E-state index is 12.7. The fourth-order valence-electron chi connectivity index (χ4n) is 3.55. The number of rotatable bonds is 7. The number of nitrogens with two attached hydrogens (primary N) is 1. The molecule has 0 fully saturated rings. The summed E-state index contributed by atoms with van der Waals surface area (Å²) >= 11 is 0. The van der Waals surface area contributed by atoms with Gasteiger partial charge >= 0.3 is 12.3 Å². The first-order valence-corrected chi connectivity index (χ1v) is 9.89. The Morgan fingerprint density at radius 3 is 2.41 bits per heavy atom. The summed E-state index contributed by atoms with van der Waals surface area (Å²) in [7, 11) is 0. The lowest BCUT2D eigenvalue weighted by Crippen LogP contribution is -2.29. The standard InChI is InChI=1S/C23H23F3N2O4/c1-4-31-21(30)22(2,3)13-14-6-5-7-16(10-14)28-18-12-17(32-23(24,25)26)9-8-15(18)11-19(28)20(27)29/h5-12H,4,13H2,1-3H3,(H2,27,29). The minimum Gasteiger partial charge on any atom is -0.466 e. The van der Waals surface area contributed by atoms with E-state index in [-0.39, 0.29) is 18.3 Å². The van der Waals surface area contributed by atoms with Crippen molar-refractivity contribution >= 4 is 22.8 Å². The molecule has 0 saturated carbocycles. The number of nitrogens with zero attached hydrogens (tertiary/aromatic N) is 1. The Labute approximate surface area is 182 Å². The third-order valence-electron chi connectivity index (χ3n) is 4.90. The zero-order chi connectivity index (χ0) is 23.7. The Kier molecular flexibility index (Phi) is 6.20. The van der Waals surface area contributed by atoms with Crippen molar-refractivity contribution in [2.75, 3.05) is 6.61 Å². The molecule has 0 unspecified atom stereocenters. The molecule has 0 radical (unpaired) electrons. The molecule has 9 heteroatoms. The van der Waals surface area contributed by atoms with Crippen molar-refractivity contribution in [1.82, 2.24) is 4.57 Å². The van der Waals surface area contributed by atoms with Crippen LogP contribution in [0.2, 0.25) is 0 Å². The molecule has 1 heterocycles. The molecule has 0 spiro atoms. The second-order valence-electron chi connectivity index (χ2n) is 7.95. The molecular formula is C23H23F3N2O4. The van der Waals surface area contributed by atoms with Gasteiger partial charge in [0, 0.05) is 17.1 Å². The Bertz CT molecular complexity index is 1170. The summed E-state index contributed by atoms with van der Waals surface area (Å²) < 4.78 is 48.7. The van der Waals surface area contributed by atoms with Gasteiger partial charge in [0.15, 0.2) is 0 Å². The van der Waals surface area contributed by atoms with E-state index in [4.69, 9.17) is 10.5 Å². The predicted molar refractivity (Wildman–Crippen MR) is 113 cm³/mol. The van der Waals surface area contributed by atoms with Crippen LogP contribution in [0.15, 0.2) is 48.5 Å². The molecule has 6 nitrogen and oxygen atoms in total. The zero-order valence-corrected chi connectivity index (χ0v) is 17.8. The van der Waals surface area contributed by atoms with E-state index in [1.807, 2.05) is 6.07 Å². The van der Waals surface area contributed by atoms with Crippen LogP contribution in [0.1, 0.15) is 36.8 Å². The molecule has 170 valence electrons. The van der Waals surface area contributed by atoms with Crippen molar-refractivity contribution in [2.45, 2.75) is 33.6 Å². The third-order valence-corrected chi connectivity index (χ3v) is 4.90. The van der Waals surface area contributed by atoms with Crippen LogP contribution in [-0.4, -0.2) is 29.4 Å². The monoisotopic (exact) mass is 448 g/mol. The highest BCUT2D eigenvalue weighted by Gasteiger charge is 2.32. The smallest absolute Gasteiger partial charge is 0.466 e. The molecule has 1 amide bonds. The van der Waals surface area contributed by atoms with E-state index >= 15 is 0 Å². The van der Waals surface area contributed by atoms with Crippen molar-refractivity contribution in [3.8, 4) is 11.4 Å². The van der Waals surface area contributed by atoms with Gasteiger partial charge in [0.05, 0.1) is 17.5 Å². The minimum absolute atomic E-state index is 0.103. The highest BCUT2D eigenvalue weighted by molar-refractivity contribution is 5.99. The van der Waals surface area contributed by atoms with Crippen molar-refractivity contribution in [3.05, 3.63) is 59.8 Å². The number of hydrogen-bond acceptors (Lipinski definition) is 4. The predicted octanol–water partition coefficient (Wildman–Crippen LogP) is 4.76. The number of hydrogen-bond donors (Lipinski definition) is 1. The first-order chi connectivity index (χ1) is 14.9. The van der Waals surface area contributed by atoms with Crippen LogP contribution in [0.25, 0.3) is 16.6 Å². The molecule has 1 aromatic heterocycles. The van der Waals surface area contributed by atoms with Crippen molar-refractivity contribution < 1.29 is 32.2 Å². The summed E-state index contributed by atoms with van der Waals surface area (Å²) in [6, 6.07) is 12.3. The van der Waals surface area contributed by atoms with Gasteiger partial charge in [0.25, 0.3) is 5.91 Å². The van der Waals surface area contributed by atoms with Crippen LogP contribution < -0.4 is 10.5 Å². The van der Waals surface area contributed by atoms with Crippen molar-refractivity contribution in [3.63, 3.8) is 0 Å². The van der Waals surface area contributed by atoms with E-state index in [1.54, 1.807) is 39.0 Å². The molecule has 3 aromatic rings. The summed E-state index contributed by atoms with van der Waals surface area (Å²) in [6.45, 7) is 5.52. The van der Waals surface area contributed by atoms with E-state index < -0.39 is 23.4 Å². The number of halogens is 3. The van der Waals surface area contributed by atoms with Gasteiger partial charge in [-0.05, 0) is 63.1 Å². The molecule has 32 heavy (non-hydrogen) atoms. The summed E-state index contributed by atoms with van der Waals surface area (Å²) in [5, 5.41) is 0.519. The van der Waals surface area contributed by atoms with Crippen LogP contribution >= 0.6 is 0 Å². The molecule has 0 atom stereocenters. The Morgan fingerprint density at radius 2 is 1.78 bits per heavy atom. The maximum atomic E-state index is 12.7. The van der Waals surface area contributed by atoms with E-state index in [9.17, 15) is 22.8 Å². The van der Waals surface area contributed by atoms with E-state index in [1.165, 1.54) is 28.8 Å². The van der Waals surface area contributed by atoms with E-state index in [0.717, 1.165) is 5.56 Å². The largest absolute Gasteiger partial charge is 0.573 e. The number of carbonyl (C=O) groups is 2. The number of carbonyl (C=O) groups excluding carboxylic acids is 2. The fourth-order valence-corrected chi connectivity index (χ4v) is 3.55. The lowest BCUT2D eigenvalue weighted by atomic mass is 9.85. The summed E-state index contributed by atoms with van der Waals surface area (Å²) in [5.41, 5.74) is 6.45. The SMILES string of the molecule is CCOC(=O)C(C)(C)Cc1cccc(-n2c(C(N)=O)cc3ccc(OC(F)(F)F)cc32)c1. The molecule has 2 aromatic carbocycles. The lowest BCUT2D eigenvalue weighted by Gasteiger charge is -2.22. The Hall–Kier alpha value is -3.49. The summed E-state index contributed by atoms with van der Waals surface area (Å²) in [4.78, 5) is 24.3. The quantitative estimate of drug-likeness (QED) is 0.529. The Balaban J connectivity index is 2.09. The number of benzene rings is 2. The number of ether oxygens (including phenoxy) is 2. The molecule has 0 aliphatic rings. The second kappa shape index (κ2) is 8.57. The molecule has 0 bridgehead atoms.